The second-order valence-electron chi connectivity index (χ2n) is 1.23. The maximum Gasteiger partial charge on any atom is 0.346 e. The standard InChI is InChI=1S/C2H8N2O4S/c5-2-1-3-4-9(6,7)8/h3-5H,1-2H2,(H,6,7,8). The first-order chi connectivity index (χ1) is 4.06. The van der Waals surface area contributed by atoms with Crippen molar-refractivity contribution in [1.82, 2.24) is 10.3 Å². The lowest BCUT2D eigenvalue weighted by molar-refractivity contribution is 0.288. The number of aliphatic hydroxyl groups is 1. The van der Waals surface area contributed by atoms with Gasteiger partial charge in [0.25, 0.3) is 0 Å². The molecular weight excluding hydrogens is 148 g/mol. The van der Waals surface area contributed by atoms with Gasteiger partial charge in [-0.15, -0.1) is 4.83 Å². The zero-order valence-electron chi connectivity index (χ0n) is 4.53. The van der Waals surface area contributed by atoms with Crippen LogP contribution in [0.2, 0.25) is 0 Å². The normalized spacial score (nSPS) is 11.8. The summed E-state index contributed by atoms with van der Waals surface area (Å²) in [6.07, 6.45) is 0. The van der Waals surface area contributed by atoms with Gasteiger partial charge >= 0.3 is 10.3 Å². The van der Waals surface area contributed by atoms with E-state index in [1.807, 2.05) is 5.43 Å². The second kappa shape index (κ2) is 3.75. The predicted molar refractivity (Wildman–Crippen MR) is 29.8 cm³/mol. The average Bonchev–Trinajstić information content (AvgIpc) is 1.63. The van der Waals surface area contributed by atoms with Gasteiger partial charge in [0, 0.05) is 6.54 Å². The van der Waals surface area contributed by atoms with Crippen molar-refractivity contribution >= 4 is 10.3 Å². The molecule has 0 radical (unpaired) electrons. The highest BCUT2D eigenvalue weighted by molar-refractivity contribution is 7.83. The van der Waals surface area contributed by atoms with Crippen molar-refractivity contribution in [2.75, 3.05) is 13.2 Å². The third kappa shape index (κ3) is 7.79. The number of rotatable bonds is 4. The largest absolute Gasteiger partial charge is 0.395 e. The van der Waals surface area contributed by atoms with Crippen LogP contribution in [0.15, 0.2) is 0 Å². The molecule has 7 heteroatoms. The minimum atomic E-state index is -4.17. The van der Waals surface area contributed by atoms with Gasteiger partial charge in [0.15, 0.2) is 0 Å². The summed E-state index contributed by atoms with van der Waals surface area (Å²) >= 11 is 0. The van der Waals surface area contributed by atoms with Crippen LogP contribution in [0.4, 0.5) is 0 Å². The van der Waals surface area contributed by atoms with E-state index >= 15 is 0 Å². The van der Waals surface area contributed by atoms with Gasteiger partial charge in [0.2, 0.25) is 0 Å². The molecule has 0 spiro atoms. The van der Waals surface area contributed by atoms with Gasteiger partial charge in [-0.05, 0) is 0 Å². The lowest BCUT2D eigenvalue weighted by atomic mass is 10.7. The van der Waals surface area contributed by atoms with E-state index in [1.165, 1.54) is 0 Å². The van der Waals surface area contributed by atoms with Gasteiger partial charge in [-0.25, -0.2) is 5.43 Å². The third-order valence-corrected chi connectivity index (χ3v) is 0.840. The molecule has 0 aliphatic carbocycles. The maximum atomic E-state index is 9.81. The molecule has 0 aromatic rings. The van der Waals surface area contributed by atoms with Crippen LogP contribution in [0.3, 0.4) is 0 Å². The Labute approximate surface area is 52.7 Å². The minimum Gasteiger partial charge on any atom is -0.395 e. The molecule has 0 saturated carbocycles. The first-order valence-corrected chi connectivity index (χ1v) is 3.58. The number of hydrazine groups is 1. The van der Waals surface area contributed by atoms with E-state index in [4.69, 9.17) is 9.66 Å². The Morgan fingerprint density at radius 1 is 1.44 bits per heavy atom. The molecule has 0 unspecified atom stereocenters. The number of hydrogen-bond acceptors (Lipinski definition) is 4. The molecule has 0 rings (SSSR count). The Morgan fingerprint density at radius 3 is 2.33 bits per heavy atom. The van der Waals surface area contributed by atoms with Crippen molar-refractivity contribution in [2.45, 2.75) is 0 Å². The van der Waals surface area contributed by atoms with Crippen LogP contribution >= 0.6 is 0 Å². The first-order valence-electron chi connectivity index (χ1n) is 2.14. The summed E-state index contributed by atoms with van der Waals surface area (Å²) in [5.41, 5.74) is 2.04. The van der Waals surface area contributed by atoms with Crippen molar-refractivity contribution in [2.24, 2.45) is 0 Å². The fourth-order valence-electron chi connectivity index (χ4n) is 0.198. The molecule has 0 aromatic carbocycles. The molecule has 0 heterocycles. The highest BCUT2D eigenvalue weighted by Gasteiger charge is 1.98. The highest BCUT2D eigenvalue weighted by atomic mass is 32.2. The van der Waals surface area contributed by atoms with E-state index in [0.717, 1.165) is 0 Å². The summed E-state index contributed by atoms with van der Waals surface area (Å²) in [6, 6.07) is 0. The van der Waals surface area contributed by atoms with Crippen molar-refractivity contribution in [3.05, 3.63) is 0 Å². The molecule has 0 aromatic heterocycles. The van der Waals surface area contributed by atoms with E-state index in [9.17, 15) is 8.42 Å². The molecule has 0 aliphatic heterocycles. The molecule has 0 amide bonds. The Balaban J connectivity index is 3.30. The van der Waals surface area contributed by atoms with Crippen LogP contribution in [0, 0.1) is 0 Å². The minimum absolute atomic E-state index is 0.0553. The van der Waals surface area contributed by atoms with Crippen molar-refractivity contribution in [3.63, 3.8) is 0 Å². The molecule has 0 atom stereocenters. The average molecular weight is 156 g/mol. The maximum absolute atomic E-state index is 9.81. The van der Waals surface area contributed by atoms with Gasteiger partial charge in [-0.2, -0.15) is 8.42 Å². The van der Waals surface area contributed by atoms with E-state index < -0.39 is 10.3 Å². The lowest BCUT2D eigenvalue weighted by Crippen LogP contribution is -2.38. The van der Waals surface area contributed by atoms with Crippen LogP contribution in [0.25, 0.3) is 0 Å². The topological polar surface area (TPSA) is 98.7 Å². The second-order valence-corrected chi connectivity index (χ2v) is 2.38. The molecule has 0 bridgehead atoms. The van der Waals surface area contributed by atoms with E-state index in [0.29, 0.717) is 0 Å². The SMILES string of the molecule is O=S(=O)(O)NNCCO. The van der Waals surface area contributed by atoms with Crippen LogP contribution in [0.5, 0.6) is 0 Å². The number of aliphatic hydroxyl groups excluding tert-OH is 1. The molecule has 0 aliphatic rings. The zero-order valence-corrected chi connectivity index (χ0v) is 5.35. The summed E-state index contributed by atoms with van der Waals surface area (Å²) in [6.45, 7) is -0.150. The van der Waals surface area contributed by atoms with Crippen molar-refractivity contribution < 1.29 is 18.1 Å². The lowest BCUT2D eigenvalue weighted by Gasteiger charge is -1.98. The van der Waals surface area contributed by atoms with Gasteiger partial charge in [-0.3, -0.25) is 4.55 Å². The summed E-state index contributed by atoms with van der Waals surface area (Å²) in [7, 11) is -4.17. The van der Waals surface area contributed by atoms with Crippen LogP contribution in [-0.4, -0.2) is 31.2 Å². The summed E-state index contributed by atoms with van der Waals surface area (Å²) < 4.78 is 27.6. The third-order valence-electron chi connectivity index (χ3n) is 0.438. The van der Waals surface area contributed by atoms with Gasteiger partial charge in [-0.1, -0.05) is 0 Å². The Hall–Kier alpha value is -0.210. The number of hydrogen-bond donors (Lipinski definition) is 4. The summed E-state index contributed by atoms with van der Waals surface area (Å²) in [5.74, 6) is 0. The fraction of sp³-hybridized carbons (Fsp3) is 1.00. The zero-order chi connectivity index (χ0) is 7.33. The molecule has 4 N–H and O–H groups in total. The molecule has 56 valence electrons. The molecule has 9 heavy (non-hydrogen) atoms. The Morgan fingerprint density at radius 2 is 2.00 bits per heavy atom. The molecule has 0 saturated heterocycles. The van der Waals surface area contributed by atoms with Gasteiger partial charge in [0.05, 0.1) is 6.61 Å². The molecule has 6 nitrogen and oxygen atoms in total. The highest BCUT2D eigenvalue weighted by Crippen LogP contribution is 1.64. The van der Waals surface area contributed by atoms with Crippen molar-refractivity contribution in [1.29, 1.82) is 0 Å². The molecular formula is C2H8N2O4S. The van der Waals surface area contributed by atoms with Crippen LogP contribution in [0.1, 0.15) is 0 Å². The van der Waals surface area contributed by atoms with Gasteiger partial charge < -0.3 is 5.11 Å². The Bertz CT molecular complexity index is 152. The smallest absolute Gasteiger partial charge is 0.346 e. The van der Waals surface area contributed by atoms with Crippen LogP contribution < -0.4 is 10.3 Å². The van der Waals surface area contributed by atoms with Crippen LogP contribution in [-0.2, 0) is 10.3 Å². The van der Waals surface area contributed by atoms with E-state index in [1.54, 1.807) is 4.83 Å². The summed E-state index contributed by atoms with van der Waals surface area (Å²) in [5, 5.41) is 8.08. The predicted octanol–water partition coefficient (Wildman–Crippen LogP) is -2.12. The van der Waals surface area contributed by atoms with Crippen molar-refractivity contribution in [3.8, 4) is 0 Å². The quantitative estimate of drug-likeness (QED) is 0.212. The van der Waals surface area contributed by atoms with E-state index in [2.05, 4.69) is 0 Å². The fourth-order valence-corrected chi connectivity index (χ4v) is 0.483. The molecule has 0 fully saturated rings. The Kier molecular flexibility index (Phi) is 3.66. The van der Waals surface area contributed by atoms with Gasteiger partial charge in [0.1, 0.15) is 0 Å². The first kappa shape index (κ1) is 8.79. The number of nitrogens with one attached hydrogen (secondary N) is 2. The van der Waals surface area contributed by atoms with E-state index in [-0.39, 0.29) is 13.2 Å². The monoisotopic (exact) mass is 156 g/mol. The summed E-state index contributed by atoms with van der Waals surface area (Å²) in [4.78, 5) is 1.54.